The van der Waals surface area contributed by atoms with E-state index in [1.807, 2.05) is 30.3 Å². The summed E-state index contributed by atoms with van der Waals surface area (Å²) in [5, 5.41) is 6.08. The standard InChI is InChI=1S/C29H39BN4O4/c1-18(2)13-25(30-37-24-16-20-15-23(28(20,3)4)29(24,5)38-30)34-26(35)21(14-19-9-7-6-8-10-19)33-27(36)22-17-31-11-12-32-22/h6-12,17-18,20-21,23-25H,13-16H2,1-5H3,(H,33,36)(H,34,35)/t20-,21?,23-,24+,25?,29-/m0/s1. The number of carbonyl (C=O) groups excluding carboxylic acids is 2. The molecular formula is C29H39BN4O4. The minimum atomic E-state index is -0.799. The number of benzene rings is 1. The van der Waals surface area contributed by atoms with Crippen LogP contribution in [0.5, 0.6) is 0 Å². The van der Waals surface area contributed by atoms with Crippen LogP contribution in [0.1, 0.15) is 69.9 Å². The summed E-state index contributed by atoms with van der Waals surface area (Å²) in [5.41, 5.74) is 0.998. The first-order chi connectivity index (χ1) is 18.1. The molecule has 2 bridgehead atoms. The van der Waals surface area contributed by atoms with Crippen LogP contribution in [0.25, 0.3) is 0 Å². The van der Waals surface area contributed by atoms with Crippen molar-refractivity contribution in [2.24, 2.45) is 23.2 Å². The first-order valence-corrected chi connectivity index (χ1v) is 13.8. The maximum absolute atomic E-state index is 13.8. The lowest BCUT2D eigenvalue weighted by Crippen LogP contribution is -2.65. The Hall–Kier alpha value is -2.78. The Morgan fingerprint density at radius 1 is 1.11 bits per heavy atom. The van der Waals surface area contributed by atoms with Gasteiger partial charge in [0.2, 0.25) is 5.91 Å². The maximum Gasteiger partial charge on any atom is 0.481 e. The molecule has 0 radical (unpaired) electrons. The van der Waals surface area contributed by atoms with Crippen molar-refractivity contribution in [1.82, 2.24) is 20.6 Å². The van der Waals surface area contributed by atoms with Crippen LogP contribution in [-0.2, 0) is 20.5 Å². The lowest BCUT2D eigenvalue weighted by molar-refractivity contribution is -0.199. The van der Waals surface area contributed by atoms with Crippen molar-refractivity contribution in [3.05, 3.63) is 60.2 Å². The Balaban J connectivity index is 1.34. The molecule has 1 aromatic carbocycles. The molecule has 8 nitrogen and oxygen atoms in total. The molecule has 9 heteroatoms. The third kappa shape index (κ3) is 5.10. The van der Waals surface area contributed by atoms with E-state index in [1.54, 1.807) is 0 Å². The van der Waals surface area contributed by atoms with Gasteiger partial charge in [-0.25, -0.2) is 4.98 Å². The Bertz CT molecular complexity index is 1150. The molecule has 6 atom stereocenters. The number of aromatic nitrogens is 2. The van der Waals surface area contributed by atoms with Crippen molar-refractivity contribution in [1.29, 1.82) is 0 Å². The van der Waals surface area contributed by atoms with Crippen LogP contribution in [-0.4, -0.2) is 52.6 Å². The highest BCUT2D eigenvalue weighted by Gasteiger charge is 2.68. The van der Waals surface area contributed by atoms with Crippen LogP contribution in [0, 0.1) is 23.2 Å². The zero-order valence-electron chi connectivity index (χ0n) is 23.0. The van der Waals surface area contributed by atoms with Crippen molar-refractivity contribution >= 4 is 18.9 Å². The molecule has 38 heavy (non-hydrogen) atoms. The van der Waals surface area contributed by atoms with Crippen molar-refractivity contribution in [2.45, 2.75) is 84.0 Å². The van der Waals surface area contributed by atoms with Crippen molar-refractivity contribution in [2.75, 3.05) is 0 Å². The van der Waals surface area contributed by atoms with Crippen molar-refractivity contribution in [3.63, 3.8) is 0 Å². The van der Waals surface area contributed by atoms with E-state index in [0.717, 1.165) is 12.0 Å². The predicted molar refractivity (Wildman–Crippen MR) is 145 cm³/mol. The van der Waals surface area contributed by atoms with E-state index >= 15 is 0 Å². The molecular weight excluding hydrogens is 479 g/mol. The third-order valence-electron chi connectivity index (χ3n) is 9.05. The van der Waals surface area contributed by atoms with Crippen LogP contribution < -0.4 is 10.6 Å². The summed E-state index contributed by atoms with van der Waals surface area (Å²) in [7, 11) is -0.528. The van der Waals surface area contributed by atoms with Crippen LogP contribution >= 0.6 is 0 Å². The van der Waals surface area contributed by atoms with Gasteiger partial charge < -0.3 is 19.9 Å². The van der Waals surface area contributed by atoms with E-state index in [9.17, 15) is 9.59 Å². The molecule has 2 heterocycles. The largest absolute Gasteiger partial charge is 0.481 e. The summed E-state index contributed by atoms with van der Waals surface area (Å²) in [6.45, 7) is 11.1. The molecule has 2 amide bonds. The summed E-state index contributed by atoms with van der Waals surface area (Å²) in [4.78, 5) is 34.8. The highest BCUT2D eigenvalue weighted by Crippen LogP contribution is 2.65. The highest BCUT2D eigenvalue weighted by atomic mass is 16.7. The van der Waals surface area contributed by atoms with Crippen LogP contribution in [0.4, 0.5) is 0 Å². The van der Waals surface area contributed by atoms with Gasteiger partial charge in [-0.15, -0.1) is 0 Å². The summed E-state index contributed by atoms with van der Waals surface area (Å²) < 4.78 is 13.2. The van der Waals surface area contributed by atoms with Gasteiger partial charge in [0.25, 0.3) is 5.91 Å². The van der Waals surface area contributed by atoms with Crippen LogP contribution in [0.2, 0.25) is 0 Å². The maximum atomic E-state index is 13.8. The molecule has 4 aliphatic rings. The second kappa shape index (κ2) is 10.4. The number of nitrogens with one attached hydrogen (secondary N) is 2. The van der Waals surface area contributed by atoms with Gasteiger partial charge in [0.05, 0.1) is 23.8 Å². The van der Waals surface area contributed by atoms with Crippen molar-refractivity contribution in [3.8, 4) is 0 Å². The van der Waals surface area contributed by atoms with E-state index in [1.165, 1.54) is 25.0 Å². The first kappa shape index (κ1) is 26.8. The molecule has 1 aliphatic heterocycles. The zero-order chi connectivity index (χ0) is 27.1. The molecule has 1 aromatic heterocycles. The smallest absolute Gasteiger partial charge is 0.404 e. The minimum Gasteiger partial charge on any atom is -0.404 e. The van der Waals surface area contributed by atoms with Gasteiger partial charge in [0.1, 0.15) is 11.7 Å². The summed E-state index contributed by atoms with van der Waals surface area (Å²) in [6.07, 6.45) is 7.60. The lowest BCUT2D eigenvalue weighted by atomic mass is 9.43. The quantitative estimate of drug-likeness (QED) is 0.492. The van der Waals surface area contributed by atoms with Gasteiger partial charge in [-0.05, 0) is 54.9 Å². The highest BCUT2D eigenvalue weighted by molar-refractivity contribution is 6.48. The average molecular weight is 518 g/mol. The van der Waals surface area contributed by atoms with Gasteiger partial charge in [-0.2, -0.15) is 0 Å². The lowest BCUT2D eigenvalue weighted by Gasteiger charge is -2.64. The Morgan fingerprint density at radius 3 is 2.53 bits per heavy atom. The molecule has 4 fully saturated rings. The number of nitrogens with zero attached hydrogens (tertiary/aromatic N) is 2. The number of hydrogen-bond acceptors (Lipinski definition) is 6. The van der Waals surface area contributed by atoms with Crippen molar-refractivity contribution < 1.29 is 18.9 Å². The van der Waals surface area contributed by atoms with Gasteiger partial charge >= 0.3 is 7.12 Å². The molecule has 2 N–H and O–H groups in total. The number of carbonyl (C=O) groups is 2. The molecule has 3 aliphatic carbocycles. The first-order valence-electron chi connectivity index (χ1n) is 13.8. The second-order valence-electron chi connectivity index (χ2n) is 12.4. The monoisotopic (exact) mass is 518 g/mol. The van der Waals surface area contributed by atoms with Gasteiger partial charge in [-0.1, -0.05) is 58.0 Å². The van der Waals surface area contributed by atoms with E-state index in [4.69, 9.17) is 9.31 Å². The third-order valence-corrected chi connectivity index (χ3v) is 9.05. The van der Waals surface area contributed by atoms with Gasteiger partial charge in [0, 0.05) is 18.8 Å². The Labute approximate surface area is 225 Å². The fourth-order valence-electron chi connectivity index (χ4n) is 6.81. The molecule has 202 valence electrons. The van der Waals surface area contributed by atoms with E-state index in [0.29, 0.717) is 30.6 Å². The Kier molecular flexibility index (Phi) is 7.35. The minimum absolute atomic E-state index is 0.0345. The van der Waals surface area contributed by atoms with Gasteiger partial charge in [-0.3, -0.25) is 14.6 Å². The molecule has 2 unspecified atom stereocenters. The second-order valence-corrected chi connectivity index (χ2v) is 12.4. The molecule has 0 spiro atoms. The number of hydrogen-bond donors (Lipinski definition) is 2. The fraction of sp³-hybridized carbons (Fsp3) is 0.586. The molecule has 2 aromatic rings. The molecule has 6 rings (SSSR count). The SMILES string of the molecule is CC(C)CC(NC(=O)C(Cc1ccccc1)NC(=O)c1cnccn1)B1O[C@@H]2C[C@@H]3C[C@@H](C3(C)C)[C@]2(C)O1. The van der Waals surface area contributed by atoms with Gasteiger partial charge in [0.15, 0.2) is 0 Å². The summed E-state index contributed by atoms with van der Waals surface area (Å²) in [5.74, 6) is 0.359. The Morgan fingerprint density at radius 2 is 1.87 bits per heavy atom. The molecule has 1 saturated heterocycles. The van der Waals surface area contributed by atoms with E-state index in [2.05, 4.69) is 55.2 Å². The fourth-order valence-corrected chi connectivity index (χ4v) is 6.81. The van der Waals surface area contributed by atoms with E-state index < -0.39 is 19.1 Å². The zero-order valence-corrected chi connectivity index (χ0v) is 23.0. The van der Waals surface area contributed by atoms with Crippen LogP contribution in [0.15, 0.2) is 48.9 Å². The average Bonchev–Trinajstić information content (AvgIpc) is 3.26. The summed E-state index contributed by atoms with van der Waals surface area (Å²) in [6, 6.07) is 8.87. The number of amides is 2. The topological polar surface area (TPSA) is 102 Å². The summed E-state index contributed by atoms with van der Waals surface area (Å²) >= 11 is 0. The van der Waals surface area contributed by atoms with Crippen LogP contribution in [0.3, 0.4) is 0 Å². The van der Waals surface area contributed by atoms with E-state index in [-0.39, 0.29) is 34.7 Å². The normalized spacial score (nSPS) is 28.7. The molecule has 3 saturated carbocycles. The predicted octanol–water partition coefficient (Wildman–Crippen LogP) is 3.62. The number of rotatable bonds is 9.